The highest BCUT2D eigenvalue weighted by molar-refractivity contribution is 7.80. The second-order valence-corrected chi connectivity index (χ2v) is 6.32. The number of aromatic nitrogens is 2. The predicted octanol–water partition coefficient (Wildman–Crippen LogP) is 4.07. The predicted molar refractivity (Wildman–Crippen MR) is 103 cm³/mol. The van der Waals surface area contributed by atoms with Crippen LogP contribution >= 0.6 is 12.2 Å². The maximum atomic E-state index is 13.4. The van der Waals surface area contributed by atoms with Crippen LogP contribution in [0, 0.1) is 12.7 Å². The zero-order valence-electron chi connectivity index (χ0n) is 14.9. The fraction of sp³-hybridized carbons (Fsp3) is 0.333. The first-order chi connectivity index (χ1) is 13.0. The fourth-order valence-electron chi connectivity index (χ4n) is 2.20. The van der Waals surface area contributed by atoms with E-state index in [1.54, 1.807) is 6.92 Å². The molecule has 1 heterocycles. The van der Waals surface area contributed by atoms with E-state index in [-0.39, 0.29) is 23.2 Å². The SMILES string of the molecule is C=CCCC(=S)CCCOc1nonc1C(=Nc1ccc(F)c(C)c1)NO. The van der Waals surface area contributed by atoms with Gasteiger partial charge in [-0.3, -0.25) is 10.7 Å². The molecule has 0 fully saturated rings. The smallest absolute Gasteiger partial charge is 0.287 e. The van der Waals surface area contributed by atoms with Gasteiger partial charge in [-0.05, 0) is 71.5 Å². The molecule has 27 heavy (non-hydrogen) atoms. The number of nitrogens with zero attached hydrogens (tertiary/aromatic N) is 3. The van der Waals surface area contributed by atoms with Crippen LogP contribution in [0.15, 0.2) is 40.5 Å². The van der Waals surface area contributed by atoms with Crippen molar-refractivity contribution in [3.05, 3.63) is 47.9 Å². The number of hydrogen-bond donors (Lipinski definition) is 2. The van der Waals surface area contributed by atoms with Gasteiger partial charge in [0, 0.05) is 0 Å². The number of thiocarbonyl (C=S) groups is 1. The summed E-state index contributed by atoms with van der Waals surface area (Å²) in [7, 11) is 0. The van der Waals surface area contributed by atoms with Crippen LogP contribution < -0.4 is 10.2 Å². The number of hydrogen-bond acceptors (Lipinski definition) is 7. The largest absolute Gasteiger partial charge is 0.474 e. The normalized spacial score (nSPS) is 11.3. The number of hydroxylamine groups is 1. The third-order valence-corrected chi connectivity index (χ3v) is 4.05. The van der Waals surface area contributed by atoms with E-state index in [0.29, 0.717) is 24.3 Å². The van der Waals surface area contributed by atoms with Crippen molar-refractivity contribution in [2.75, 3.05) is 6.61 Å². The number of nitrogens with one attached hydrogen (secondary N) is 1. The summed E-state index contributed by atoms with van der Waals surface area (Å²) in [5.41, 5.74) is 2.90. The molecular weight excluding hydrogens is 371 g/mol. The zero-order chi connectivity index (χ0) is 19.6. The molecule has 2 rings (SSSR count). The van der Waals surface area contributed by atoms with E-state index < -0.39 is 0 Å². The molecule has 144 valence electrons. The maximum absolute atomic E-state index is 13.4. The molecule has 1 aromatic carbocycles. The summed E-state index contributed by atoms with van der Waals surface area (Å²) in [4.78, 5) is 5.15. The van der Waals surface area contributed by atoms with Crippen molar-refractivity contribution in [1.29, 1.82) is 0 Å². The van der Waals surface area contributed by atoms with Gasteiger partial charge in [0.15, 0.2) is 5.84 Å². The van der Waals surface area contributed by atoms with Crippen LogP contribution in [0.1, 0.15) is 36.9 Å². The molecule has 0 atom stereocenters. The molecule has 1 aromatic heterocycles. The first kappa shape index (κ1) is 20.7. The van der Waals surface area contributed by atoms with Gasteiger partial charge in [0.2, 0.25) is 5.69 Å². The summed E-state index contributed by atoms with van der Waals surface area (Å²) < 4.78 is 23.6. The van der Waals surface area contributed by atoms with Gasteiger partial charge in [0.1, 0.15) is 5.82 Å². The van der Waals surface area contributed by atoms with Crippen LogP contribution in [0.4, 0.5) is 10.1 Å². The Labute approximate surface area is 161 Å². The lowest BCUT2D eigenvalue weighted by Crippen LogP contribution is -2.21. The first-order valence-corrected chi connectivity index (χ1v) is 8.79. The Morgan fingerprint density at radius 1 is 1.44 bits per heavy atom. The quantitative estimate of drug-likeness (QED) is 0.157. The molecule has 0 aliphatic heterocycles. The van der Waals surface area contributed by atoms with Gasteiger partial charge in [-0.2, -0.15) is 0 Å². The summed E-state index contributed by atoms with van der Waals surface area (Å²) in [6, 6.07) is 4.29. The van der Waals surface area contributed by atoms with Crippen molar-refractivity contribution in [3.8, 4) is 5.88 Å². The Balaban J connectivity index is 2.01. The van der Waals surface area contributed by atoms with E-state index in [9.17, 15) is 9.60 Å². The van der Waals surface area contributed by atoms with Crippen molar-refractivity contribution in [2.24, 2.45) is 4.99 Å². The summed E-state index contributed by atoms with van der Waals surface area (Å²) in [5, 5.41) is 16.8. The van der Waals surface area contributed by atoms with Gasteiger partial charge in [-0.1, -0.05) is 18.3 Å². The van der Waals surface area contributed by atoms with E-state index in [0.717, 1.165) is 24.1 Å². The number of aliphatic imine (C=N–C) groups is 1. The Bertz CT molecular complexity index is 823. The minimum atomic E-state index is -0.342. The standard InChI is InChI=1S/C18H21FN4O3S/c1-3-4-6-14(27)7-5-10-25-18-16(22-26-23-18)17(21-24)20-13-8-9-15(19)12(2)11-13/h3,8-9,11,24H,1,4-7,10H2,2H3,(H,20,21). The molecule has 7 nitrogen and oxygen atoms in total. The molecule has 2 aromatic rings. The van der Waals surface area contributed by atoms with Crippen LogP contribution in [0.3, 0.4) is 0 Å². The van der Waals surface area contributed by atoms with Gasteiger partial charge < -0.3 is 4.74 Å². The highest BCUT2D eigenvalue weighted by atomic mass is 32.1. The summed E-state index contributed by atoms with van der Waals surface area (Å²) in [5.74, 6) is -0.282. The molecule has 2 N–H and O–H groups in total. The Morgan fingerprint density at radius 2 is 2.26 bits per heavy atom. The number of benzene rings is 1. The van der Waals surface area contributed by atoms with Crippen molar-refractivity contribution in [1.82, 2.24) is 15.8 Å². The maximum Gasteiger partial charge on any atom is 0.287 e. The molecule has 0 unspecified atom stereocenters. The van der Waals surface area contributed by atoms with E-state index in [1.807, 2.05) is 11.6 Å². The molecule has 0 amide bonds. The summed E-state index contributed by atoms with van der Waals surface area (Å²) in [6.45, 7) is 5.64. The second-order valence-electron chi connectivity index (χ2n) is 5.74. The van der Waals surface area contributed by atoms with Gasteiger partial charge in [-0.25, -0.2) is 14.0 Å². The van der Waals surface area contributed by atoms with Crippen molar-refractivity contribution < 1.29 is 19.0 Å². The fourth-order valence-corrected chi connectivity index (χ4v) is 2.47. The van der Waals surface area contributed by atoms with Gasteiger partial charge in [0.05, 0.1) is 12.3 Å². The lowest BCUT2D eigenvalue weighted by Gasteiger charge is -2.06. The van der Waals surface area contributed by atoms with Gasteiger partial charge in [0.25, 0.3) is 5.88 Å². The van der Waals surface area contributed by atoms with Gasteiger partial charge >= 0.3 is 0 Å². The molecular formula is C18H21FN4O3S. The zero-order valence-corrected chi connectivity index (χ0v) is 15.8. The molecule has 0 aliphatic carbocycles. The lowest BCUT2D eigenvalue weighted by molar-refractivity contribution is 0.233. The Morgan fingerprint density at radius 3 is 2.96 bits per heavy atom. The monoisotopic (exact) mass is 392 g/mol. The van der Waals surface area contributed by atoms with E-state index in [2.05, 4.69) is 26.5 Å². The third-order valence-electron chi connectivity index (χ3n) is 3.64. The molecule has 0 saturated carbocycles. The van der Waals surface area contributed by atoms with E-state index >= 15 is 0 Å². The number of halogens is 1. The number of allylic oxidation sites excluding steroid dienone is 1. The molecule has 0 bridgehead atoms. The van der Waals surface area contributed by atoms with Gasteiger partial charge in [-0.15, -0.1) is 6.58 Å². The lowest BCUT2D eigenvalue weighted by atomic mass is 10.1. The average molecular weight is 392 g/mol. The van der Waals surface area contributed by atoms with Crippen molar-refractivity contribution in [3.63, 3.8) is 0 Å². The summed E-state index contributed by atoms with van der Waals surface area (Å²) in [6.07, 6.45) is 4.98. The number of rotatable bonds is 10. The van der Waals surface area contributed by atoms with Crippen LogP contribution in [-0.2, 0) is 0 Å². The first-order valence-electron chi connectivity index (χ1n) is 8.38. The van der Waals surface area contributed by atoms with Crippen LogP contribution in [0.2, 0.25) is 0 Å². The summed E-state index contributed by atoms with van der Waals surface area (Å²) >= 11 is 5.27. The molecule has 0 saturated heterocycles. The topological polar surface area (TPSA) is 92.8 Å². The number of ether oxygens (including phenoxy) is 1. The third kappa shape index (κ3) is 6.22. The highest BCUT2D eigenvalue weighted by Gasteiger charge is 2.18. The van der Waals surface area contributed by atoms with Crippen molar-refractivity contribution >= 4 is 28.6 Å². The number of amidine groups is 1. The minimum Gasteiger partial charge on any atom is -0.474 e. The van der Waals surface area contributed by atoms with E-state index in [4.69, 9.17) is 17.0 Å². The van der Waals surface area contributed by atoms with Crippen molar-refractivity contribution in [2.45, 2.75) is 32.6 Å². The minimum absolute atomic E-state index is 0.0289. The highest BCUT2D eigenvalue weighted by Crippen LogP contribution is 2.20. The second kappa shape index (κ2) is 10.5. The van der Waals surface area contributed by atoms with Crippen LogP contribution in [0.5, 0.6) is 5.88 Å². The number of aryl methyl sites for hydroxylation is 1. The molecule has 0 spiro atoms. The average Bonchev–Trinajstić information content (AvgIpc) is 3.12. The molecule has 0 aliphatic rings. The Kier molecular flexibility index (Phi) is 8.02. The molecule has 0 radical (unpaired) electrons. The Hall–Kier alpha value is -2.65. The van der Waals surface area contributed by atoms with E-state index in [1.165, 1.54) is 18.2 Å². The van der Waals surface area contributed by atoms with Crippen LogP contribution in [0.25, 0.3) is 0 Å². The molecule has 9 heteroatoms. The van der Waals surface area contributed by atoms with Crippen LogP contribution in [-0.4, -0.2) is 32.8 Å².